The summed E-state index contributed by atoms with van der Waals surface area (Å²) in [6, 6.07) is 0. The van der Waals surface area contributed by atoms with E-state index in [2.05, 4.69) is 0 Å². The van der Waals surface area contributed by atoms with Crippen molar-refractivity contribution in [3.8, 4) is 0 Å². The predicted molar refractivity (Wildman–Crippen MR) is 71.4 cm³/mol. The van der Waals surface area contributed by atoms with Crippen LogP contribution in [-0.4, -0.2) is 61.3 Å². The number of ether oxygens (including phenoxy) is 3. The third-order valence-electron chi connectivity index (χ3n) is 3.42. The Hall–Kier alpha value is -0.880. The molecule has 0 aromatic rings. The van der Waals surface area contributed by atoms with Gasteiger partial charge in [-0.1, -0.05) is 0 Å². The van der Waals surface area contributed by atoms with Crippen molar-refractivity contribution in [1.82, 2.24) is 4.90 Å². The lowest BCUT2D eigenvalue weighted by atomic mass is 10.1. The summed E-state index contributed by atoms with van der Waals surface area (Å²) in [6.07, 6.45) is -0.484. The van der Waals surface area contributed by atoms with Crippen molar-refractivity contribution in [1.29, 1.82) is 0 Å². The second-order valence-electron chi connectivity index (χ2n) is 6.38. The largest absolute Gasteiger partial charge is 0.444 e. The predicted octanol–water partition coefficient (Wildman–Crippen LogP) is 2.14. The molecule has 2 saturated heterocycles. The van der Waals surface area contributed by atoms with Crippen molar-refractivity contribution in [2.45, 2.75) is 57.6 Å². The quantitative estimate of drug-likeness (QED) is 0.798. The number of hydrogen-bond donors (Lipinski definition) is 0. The third-order valence-corrected chi connectivity index (χ3v) is 3.42. The van der Waals surface area contributed by atoms with Crippen LogP contribution in [0.1, 0.15) is 33.6 Å². The molecule has 2 fully saturated rings. The maximum atomic E-state index is 14.0. The molecule has 0 spiro atoms. The normalized spacial score (nSPS) is 30.8. The van der Waals surface area contributed by atoms with Gasteiger partial charge in [0.1, 0.15) is 11.8 Å². The minimum atomic E-state index is -1.17. The van der Waals surface area contributed by atoms with Crippen LogP contribution in [0.5, 0.6) is 0 Å². The number of carbonyl (C=O) groups is 1. The summed E-state index contributed by atoms with van der Waals surface area (Å²) in [5, 5.41) is 0. The van der Waals surface area contributed by atoms with E-state index >= 15 is 0 Å². The van der Waals surface area contributed by atoms with Crippen molar-refractivity contribution in [2.24, 2.45) is 0 Å². The van der Waals surface area contributed by atoms with Crippen LogP contribution in [0.4, 0.5) is 9.18 Å². The lowest BCUT2D eigenvalue weighted by molar-refractivity contribution is -0.128. The van der Waals surface area contributed by atoms with Crippen LogP contribution in [0.2, 0.25) is 0 Å². The molecule has 0 N–H and O–H groups in total. The molecule has 0 saturated carbocycles. The first-order chi connectivity index (χ1) is 9.35. The van der Waals surface area contributed by atoms with E-state index in [1.807, 2.05) is 0 Å². The summed E-state index contributed by atoms with van der Waals surface area (Å²) < 4.78 is 30.1. The van der Waals surface area contributed by atoms with Crippen LogP contribution < -0.4 is 0 Å². The van der Waals surface area contributed by atoms with Gasteiger partial charge in [-0.25, -0.2) is 9.18 Å². The number of alkyl halides is 1. The van der Waals surface area contributed by atoms with Gasteiger partial charge in [-0.15, -0.1) is 0 Å². The number of likely N-dealkylation sites (tertiary alicyclic amines) is 1. The van der Waals surface area contributed by atoms with Gasteiger partial charge in [-0.3, -0.25) is 0 Å². The third kappa shape index (κ3) is 4.31. The highest BCUT2D eigenvalue weighted by atomic mass is 19.1. The zero-order valence-corrected chi connectivity index (χ0v) is 12.4. The van der Waals surface area contributed by atoms with Crippen LogP contribution in [-0.2, 0) is 14.2 Å². The Morgan fingerprint density at radius 1 is 1.40 bits per heavy atom. The van der Waals surface area contributed by atoms with Crippen LogP contribution in [0, 0.1) is 0 Å². The summed E-state index contributed by atoms with van der Waals surface area (Å²) in [7, 11) is 0. The highest BCUT2D eigenvalue weighted by molar-refractivity contribution is 5.68. The monoisotopic (exact) mass is 289 g/mol. The number of rotatable bonds is 3. The second-order valence-corrected chi connectivity index (χ2v) is 6.38. The molecule has 116 valence electrons. The molecule has 0 radical (unpaired) electrons. The Kier molecular flexibility index (Phi) is 4.86. The van der Waals surface area contributed by atoms with E-state index in [-0.39, 0.29) is 12.6 Å². The molecule has 6 heteroatoms. The molecular formula is C14H24FNO4. The summed E-state index contributed by atoms with van der Waals surface area (Å²) in [5.41, 5.74) is -0.558. The molecular weight excluding hydrogens is 265 g/mol. The zero-order valence-electron chi connectivity index (χ0n) is 12.4. The van der Waals surface area contributed by atoms with E-state index in [0.717, 1.165) is 13.0 Å². The molecule has 2 aliphatic rings. The molecule has 3 atom stereocenters. The Balaban J connectivity index is 1.74. The van der Waals surface area contributed by atoms with E-state index < -0.39 is 24.0 Å². The van der Waals surface area contributed by atoms with Gasteiger partial charge < -0.3 is 19.1 Å². The van der Waals surface area contributed by atoms with E-state index in [4.69, 9.17) is 14.2 Å². The molecule has 20 heavy (non-hydrogen) atoms. The summed E-state index contributed by atoms with van der Waals surface area (Å²) in [4.78, 5) is 13.3. The fourth-order valence-electron chi connectivity index (χ4n) is 2.21. The van der Waals surface area contributed by atoms with Gasteiger partial charge in [-0.2, -0.15) is 0 Å². The molecule has 2 rings (SSSR count). The van der Waals surface area contributed by atoms with Crippen molar-refractivity contribution in [3.63, 3.8) is 0 Å². The van der Waals surface area contributed by atoms with Gasteiger partial charge in [0.25, 0.3) is 0 Å². The summed E-state index contributed by atoms with van der Waals surface area (Å²) in [5.74, 6) is 0. The van der Waals surface area contributed by atoms with Crippen LogP contribution >= 0.6 is 0 Å². The van der Waals surface area contributed by atoms with Gasteiger partial charge in [0.05, 0.1) is 25.4 Å². The topological polar surface area (TPSA) is 48.0 Å². The molecule has 0 aromatic heterocycles. The lowest BCUT2D eigenvalue weighted by Crippen LogP contribution is -2.50. The van der Waals surface area contributed by atoms with Crippen molar-refractivity contribution in [2.75, 3.05) is 26.3 Å². The number of hydrogen-bond acceptors (Lipinski definition) is 4. The minimum Gasteiger partial charge on any atom is -0.444 e. The smallest absolute Gasteiger partial charge is 0.410 e. The average molecular weight is 289 g/mol. The molecule has 0 bridgehead atoms. The van der Waals surface area contributed by atoms with Crippen molar-refractivity contribution in [3.05, 3.63) is 0 Å². The Bertz CT molecular complexity index is 341. The lowest BCUT2D eigenvalue weighted by Gasteiger charge is -2.36. The highest BCUT2D eigenvalue weighted by Crippen LogP contribution is 2.21. The second kappa shape index (κ2) is 6.26. The van der Waals surface area contributed by atoms with E-state index in [0.29, 0.717) is 19.6 Å². The first kappa shape index (κ1) is 15.5. The SMILES string of the molecule is CC(C)(C)OC(=O)N1CC[C@@H](OCC2CCO2)[C@@H](F)C1. The van der Waals surface area contributed by atoms with E-state index in [1.54, 1.807) is 20.8 Å². The Morgan fingerprint density at radius 2 is 2.10 bits per heavy atom. The van der Waals surface area contributed by atoms with E-state index in [1.165, 1.54) is 4.90 Å². The standard InChI is InChI=1S/C14H24FNO4/c1-14(2,3)20-13(17)16-6-4-12(11(15)8-16)19-9-10-5-7-18-10/h10-12H,4-9H2,1-3H3/t10?,11-,12+/m0/s1. The average Bonchev–Trinajstić information content (AvgIpc) is 2.26. The van der Waals surface area contributed by atoms with Gasteiger partial charge in [0.2, 0.25) is 0 Å². The molecule has 0 aromatic carbocycles. The maximum Gasteiger partial charge on any atom is 0.410 e. The number of carbonyl (C=O) groups excluding carboxylic acids is 1. The first-order valence-electron chi connectivity index (χ1n) is 7.20. The zero-order chi connectivity index (χ0) is 14.8. The number of halogens is 1. The van der Waals surface area contributed by atoms with Gasteiger partial charge in [0, 0.05) is 13.2 Å². The first-order valence-corrected chi connectivity index (χ1v) is 7.20. The van der Waals surface area contributed by atoms with Crippen LogP contribution in [0.15, 0.2) is 0 Å². The Labute approximate surface area is 119 Å². The minimum absolute atomic E-state index is 0.0328. The summed E-state index contributed by atoms with van der Waals surface area (Å²) >= 11 is 0. The molecule has 2 heterocycles. The van der Waals surface area contributed by atoms with Crippen LogP contribution in [0.3, 0.4) is 0 Å². The fourth-order valence-corrected chi connectivity index (χ4v) is 2.21. The molecule has 5 nitrogen and oxygen atoms in total. The molecule has 1 unspecified atom stereocenters. The number of nitrogens with zero attached hydrogens (tertiary/aromatic N) is 1. The van der Waals surface area contributed by atoms with E-state index in [9.17, 15) is 9.18 Å². The van der Waals surface area contributed by atoms with Crippen molar-refractivity contribution >= 4 is 6.09 Å². The fraction of sp³-hybridized carbons (Fsp3) is 0.929. The maximum absolute atomic E-state index is 14.0. The number of amides is 1. The van der Waals surface area contributed by atoms with Crippen LogP contribution in [0.25, 0.3) is 0 Å². The van der Waals surface area contributed by atoms with Gasteiger partial charge in [-0.05, 0) is 33.6 Å². The molecule has 2 aliphatic heterocycles. The molecule has 1 amide bonds. The van der Waals surface area contributed by atoms with Gasteiger partial charge in [0.15, 0.2) is 0 Å². The summed E-state index contributed by atoms with van der Waals surface area (Å²) in [6.45, 7) is 7.10. The van der Waals surface area contributed by atoms with Crippen molar-refractivity contribution < 1.29 is 23.4 Å². The Morgan fingerprint density at radius 3 is 2.60 bits per heavy atom. The number of piperidine rings is 1. The van der Waals surface area contributed by atoms with Gasteiger partial charge >= 0.3 is 6.09 Å². The highest BCUT2D eigenvalue weighted by Gasteiger charge is 2.35. The molecule has 0 aliphatic carbocycles.